The molecule has 7 nitrogen and oxygen atoms in total. The molecule has 1 spiro atoms. The van der Waals surface area contributed by atoms with Crippen LogP contribution in [0, 0.1) is 10.8 Å². The highest BCUT2D eigenvalue weighted by molar-refractivity contribution is 5.98. The molecule has 7 heteroatoms. The minimum absolute atomic E-state index is 0.00979. The number of ether oxygens (including phenoxy) is 4. The van der Waals surface area contributed by atoms with Crippen molar-refractivity contribution in [1.29, 1.82) is 0 Å². The number of carbonyl (C=O) groups is 3. The largest absolute Gasteiger partial charge is 0.462 e. The van der Waals surface area contributed by atoms with Gasteiger partial charge in [-0.25, -0.2) is 9.59 Å². The van der Waals surface area contributed by atoms with Crippen LogP contribution < -0.4 is 0 Å². The van der Waals surface area contributed by atoms with Crippen molar-refractivity contribution in [2.24, 2.45) is 10.8 Å². The zero-order chi connectivity index (χ0) is 22.1. The van der Waals surface area contributed by atoms with Crippen LogP contribution in [0.15, 0.2) is 36.0 Å². The SMILES string of the molecule is C=C(C)C(=O)OC[C@]12CCC(C)=CC1OC1C(=O)[C@@H](OC(=O)C(=C)C)[C@@]2(C)C12CO2. The molecule has 0 aromatic carbocycles. The molecule has 4 aliphatic rings. The fourth-order valence-electron chi connectivity index (χ4n) is 5.47. The monoisotopic (exact) mass is 416 g/mol. The Labute approximate surface area is 176 Å². The highest BCUT2D eigenvalue weighted by Crippen LogP contribution is 2.71. The molecule has 2 aliphatic heterocycles. The van der Waals surface area contributed by atoms with Gasteiger partial charge in [-0.15, -0.1) is 0 Å². The second kappa shape index (κ2) is 6.62. The van der Waals surface area contributed by atoms with Gasteiger partial charge >= 0.3 is 11.9 Å². The summed E-state index contributed by atoms with van der Waals surface area (Å²) < 4.78 is 23.5. The summed E-state index contributed by atoms with van der Waals surface area (Å²) in [4.78, 5) is 38.0. The Morgan fingerprint density at radius 1 is 1.23 bits per heavy atom. The second-order valence-electron chi connectivity index (χ2n) is 9.31. The van der Waals surface area contributed by atoms with Crippen LogP contribution in [0.3, 0.4) is 0 Å². The van der Waals surface area contributed by atoms with Crippen molar-refractivity contribution >= 4 is 17.7 Å². The van der Waals surface area contributed by atoms with E-state index in [4.69, 9.17) is 18.9 Å². The first kappa shape index (κ1) is 21.0. The second-order valence-corrected chi connectivity index (χ2v) is 9.31. The number of epoxide rings is 1. The van der Waals surface area contributed by atoms with Crippen LogP contribution in [0.5, 0.6) is 0 Å². The van der Waals surface area contributed by atoms with Crippen molar-refractivity contribution < 1.29 is 33.3 Å². The standard InChI is InChI=1S/C23H28O7/c1-12(2)19(25)27-10-22-8-7-14(5)9-15(22)29-18-16(24)17(30-20(26)13(3)4)21(22,6)23(18)11-28-23/h9,15,17-18H,1,3,7-8,10-11H2,2,4-6H3/t15?,17-,18?,21-,22-,23?/m1/s1. The number of carbonyl (C=O) groups excluding carboxylic acids is 3. The Kier molecular flexibility index (Phi) is 4.64. The summed E-state index contributed by atoms with van der Waals surface area (Å²) in [6.45, 7) is 14.7. The van der Waals surface area contributed by atoms with E-state index < -0.39 is 46.7 Å². The summed E-state index contributed by atoms with van der Waals surface area (Å²) >= 11 is 0. The highest BCUT2D eigenvalue weighted by atomic mass is 16.6. The molecule has 162 valence electrons. The van der Waals surface area contributed by atoms with Crippen molar-refractivity contribution in [3.63, 3.8) is 0 Å². The first-order valence-electron chi connectivity index (χ1n) is 10.2. The van der Waals surface area contributed by atoms with Crippen molar-refractivity contribution in [2.75, 3.05) is 13.2 Å². The van der Waals surface area contributed by atoms with E-state index in [9.17, 15) is 14.4 Å². The quantitative estimate of drug-likeness (QED) is 0.294. The molecule has 0 amide bonds. The van der Waals surface area contributed by atoms with Crippen LogP contribution in [0.4, 0.5) is 0 Å². The lowest BCUT2D eigenvalue weighted by atomic mass is 9.51. The number of allylic oxidation sites excluding steroid dienone is 1. The highest BCUT2D eigenvalue weighted by Gasteiger charge is 2.86. The van der Waals surface area contributed by atoms with Crippen LogP contribution in [0.25, 0.3) is 0 Å². The Morgan fingerprint density at radius 3 is 2.43 bits per heavy atom. The van der Waals surface area contributed by atoms with Crippen LogP contribution >= 0.6 is 0 Å². The molecule has 3 unspecified atom stereocenters. The average Bonchev–Trinajstić information content (AvgIpc) is 3.47. The Hall–Kier alpha value is -2.25. The van der Waals surface area contributed by atoms with E-state index in [2.05, 4.69) is 13.2 Å². The van der Waals surface area contributed by atoms with Gasteiger partial charge in [-0.2, -0.15) is 0 Å². The molecule has 2 heterocycles. The minimum Gasteiger partial charge on any atom is -0.462 e. The van der Waals surface area contributed by atoms with Gasteiger partial charge < -0.3 is 18.9 Å². The molecule has 6 atom stereocenters. The summed E-state index contributed by atoms with van der Waals surface area (Å²) in [6, 6.07) is 0. The van der Waals surface area contributed by atoms with Gasteiger partial charge in [-0.3, -0.25) is 4.79 Å². The lowest BCUT2D eigenvalue weighted by molar-refractivity contribution is -0.232. The Balaban J connectivity index is 1.82. The van der Waals surface area contributed by atoms with Gasteiger partial charge in [0.25, 0.3) is 0 Å². The number of esters is 2. The molecular formula is C23H28O7. The zero-order valence-corrected chi connectivity index (χ0v) is 17.9. The Morgan fingerprint density at radius 2 is 1.87 bits per heavy atom. The van der Waals surface area contributed by atoms with E-state index in [0.29, 0.717) is 13.0 Å². The van der Waals surface area contributed by atoms with Crippen molar-refractivity contribution in [3.8, 4) is 0 Å². The maximum absolute atomic E-state index is 13.4. The Bertz CT molecular complexity index is 895. The van der Waals surface area contributed by atoms with Gasteiger partial charge in [0.15, 0.2) is 12.2 Å². The lowest BCUT2D eigenvalue weighted by Gasteiger charge is -2.57. The van der Waals surface area contributed by atoms with Crippen molar-refractivity contribution in [3.05, 3.63) is 36.0 Å². The topological polar surface area (TPSA) is 91.4 Å². The molecule has 2 aliphatic carbocycles. The van der Waals surface area contributed by atoms with Crippen LogP contribution in [0.2, 0.25) is 0 Å². The molecule has 0 N–H and O–H groups in total. The van der Waals surface area contributed by atoms with Crippen LogP contribution in [0.1, 0.15) is 40.5 Å². The zero-order valence-electron chi connectivity index (χ0n) is 17.9. The van der Waals surface area contributed by atoms with Gasteiger partial charge in [0.2, 0.25) is 5.78 Å². The molecule has 0 radical (unpaired) electrons. The van der Waals surface area contributed by atoms with E-state index in [-0.39, 0.29) is 23.5 Å². The third kappa shape index (κ3) is 2.54. The number of rotatable bonds is 5. The first-order valence-corrected chi connectivity index (χ1v) is 10.2. The first-order chi connectivity index (χ1) is 14.0. The van der Waals surface area contributed by atoms with Gasteiger partial charge in [0, 0.05) is 16.6 Å². The summed E-state index contributed by atoms with van der Waals surface area (Å²) in [5.41, 5.74) is -0.983. The van der Waals surface area contributed by atoms with E-state index in [1.165, 1.54) is 6.92 Å². The predicted molar refractivity (Wildman–Crippen MR) is 106 cm³/mol. The van der Waals surface area contributed by atoms with Crippen LogP contribution in [-0.4, -0.2) is 54.8 Å². The fraction of sp³-hybridized carbons (Fsp3) is 0.609. The number of fused-ring (bicyclic) bond motifs is 2. The van der Waals surface area contributed by atoms with E-state index in [1.54, 1.807) is 6.92 Å². The van der Waals surface area contributed by atoms with Crippen molar-refractivity contribution in [2.45, 2.75) is 64.4 Å². The lowest BCUT2D eigenvalue weighted by Crippen LogP contribution is -2.66. The fourth-order valence-corrected chi connectivity index (χ4v) is 5.47. The average molecular weight is 416 g/mol. The van der Waals surface area contributed by atoms with Gasteiger partial charge in [0.1, 0.15) is 12.2 Å². The summed E-state index contributed by atoms with van der Waals surface area (Å²) in [7, 11) is 0. The van der Waals surface area contributed by atoms with Gasteiger partial charge in [-0.1, -0.05) is 31.7 Å². The summed E-state index contributed by atoms with van der Waals surface area (Å²) in [6.07, 6.45) is 0.973. The third-order valence-corrected chi connectivity index (χ3v) is 7.44. The maximum Gasteiger partial charge on any atom is 0.333 e. The summed E-state index contributed by atoms with van der Waals surface area (Å²) in [5, 5.41) is 0. The molecule has 0 aromatic heterocycles. The number of Topliss-reactive ketones (excluding diaryl/α,β-unsaturated/α-hetero) is 1. The van der Waals surface area contributed by atoms with Gasteiger partial charge in [-0.05, 0) is 33.6 Å². The van der Waals surface area contributed by atoms with Crippen LogP contribution in [-0.2, 0) is 33.3 Å². The number of hydrogen-bond acceptors (Lipinski definition) is 7. The molecule has 2 saturated heterocycles. The molecule has 1 saturated carbocycles. The van der Waals surface area contributed by atoms with E-state index >= 15 is 0 Å². The molecule has 4 rings (SSSR count). The molecule has 30 heavy (non-hydrogen) atoms. The maximum atomic E-state index is 13.4. The summed E-state index contributed by atoms with van der Waals surface area (Å²) in [5.74, 6) is -1.45. The molecule has 3 fully saturated rings. The predicted octanol–water partition coefficient (Wildman–Crippen LogP) is 2.45. The number of hydrogen-bond donors (Lipinski definition) is 0. The number of ketones is 1. The van der Waals surface area contributed by atoms with Gasteiger partial charge in [0.05, 0.1) is 18.1 Å². The normalized spacial score (nSPS) is 41.0. The van der Waals surface area contributed by atoms with E-state index in [0.717, 1.165) is 12.0 Å². The smallest absolute Gasteiger partial charge is 0.333 e. The molecule has 0 aromatic rings. The molecular weight excluding hydrogens is 388 g/mol. The molecule has 2 bridgehead atoms. The minimum atomic E-state index is -1.07. The van der Waals surface area contributed by atoms with E-state index in [1.807, 2.05) is 19.9 Å². The third-order valence-electron chi connectivity index (χ3n) is 7.44. The van der Waals surface area contributed by atoms with Crippen molar-refractivity contribution in [1.82, 2.24) is 0 Å².